The molecule has 1 aromatic heterocycles. The lowest BCUT2D eigenvalue weighted by Gasteiger charge is -2.11. The first kappa shape index (κ1) is 15.8. The molecule has 0 amide bonds. The molecule has 1 N–H and O–H groups in total. The molecule has 0 fully saturated rings. The molecule has 0 saturated carbocycles. The largest absolute Gasteiger partial charge is 0.370 e. The second-order valence-corrected chi connectivity index (χ2v) is 6.13. The maximum absolute atomic E-state index is 13.8. The number of aromatic nitrogens is 2. The van der Waals surface area contributed by atoms with Crippen LogP contribution in [-0.4, -0.2) is 16.5 Å². The van der Waals surface area contributed by atoms with Gasteiger partial charge in [0.15, 0.2) is 0 Å². The molecule has 0 aliphatic heterocycles. The van der Waals surface area contributed by atoms with Gasteiger partial charge in [-0.1, -0.05) is 44.7 Å². The fraction of sp³-hybridized carbons (Fsp3) is 0.375. The first-order valence-electron chi connectivity index (χ1n) is 7.15. The van der Waals surface area contributed by atoms with Crippen molar-refractivity contribution < 1.29 is 4.39 Å². The third-order valence-electron chi connectivity index (χ3n) is 2.84. The van der Waals surface area contributed by atoms with Gasteiger partial charge in [-0.15, -0.1) is 0 Å². The van der Waals surface area contributed by atoms with E-state index >= 15 is 0 Å². The molecule has 1 heterocycles. The van der Waals surface area contributed by atoms with Crippen LogP contribution in [0.3, 0.4) is 0 Å². The number of hydrogen-bond acceptors (Lipinski definition) is 4. The number of nitrogens with zero attached hydrogens (tertiary/aromatic N) is 2. The van der Waals surface area contributed by atoms with Crippen LogP contribution in [0.1, 0.15) is 38.9 Å². The molecule has 0 radical (unpaired) electrons. The number of halogens is 1. The zero-order valence-electron chi connectivity index (χ0n) is 12.6. The molecule has 0 saturated heterocycles. The van der Waals surface area contributed by atoms with Crippen LogP contribution in [0.2, 0.25) is 0 Å². The summed E-state index contributed by atoms with van der Waals surface area (Å²) in [4.78, 5) is 9.60. The van der Waals surface area contributed by atoms with E-state index in [0.29, 0.717) is 4.90 Å². The van der Waals surface area contributed by atoms with E-state index in [0.717, 1.165) is 29.6 Å². The summed E-state index contributed by atoms with van der Waals surface area (Å²) in [7, 11) is 0. The third-order valence-corrected chi connectivity index (χ3v) is 3.81. The molecule has 0 unspecified atom stereocenters. The van der Waals surface area contributed by atoms with Crippen LogP contribution in [-0.2, 0) is 0 Å². The number of anilines is 1. The van der Waals surface area contributed by atoms with Crippen molar-refractivity contribution in [3.8, 4) is 0 Å². The Hall–Kier alpha value is -1.62. The third kappa shape index (κ3) is 4.43. The van der Waals surface area contributed by atoms with Crippen LogP contribution >= 0.6 is 11.8 Å². The lowest BCUT2D eigenvalue weighted by Crippen LogP contribution is -2.06. The predicted octanol–water partition coefficient (Wildman–Crippen LogP) is 4.71. The van der Waals surface area contributed by atoms with E-state index in [1.165, 1.54) is 17.8 Å². The second kappa shape index (κ2) is 7.41. The van der Waals surface area contributed by atoms with Gasteiger partial charge < -0.3 is 5.32 Å². The van der Waals surface area contributed by atoms with Gasteiger partial charge in [-0.05, 0) is 18.6 Å². The van der Waals surface area contributed by atoms with Gasteiger partial charge in [-0.3, -0.25) is 0 Å². The van der Waals surface area contributed by atoms with E-state index in [-0.39, 0.29) is 11.7 Å². The second-order valence-electron chi connectivity index (χ2n) is 5.06. The van der Waals surface area contributed by atoms with Gasteiger partial charge in [0, 0.05) is 23.4 Å². The van der Waals surface area contributed by atoms with Crippen molar-refractivity contribution in [1.29, 1.82) is 0 Å². The summed E-state index contributed by atoms with van der Waals surface area (Å²) in [6, 6.07) is 8.61. The van der Waals surface area contributed by atoms with Crippen LogP contribution in [0.4, 0.5) is 10.2 Å². The Morgan fingerprint density at radius 2 is 2.00 bits per heavy atom. The Morgan fingerprint density at radius 1 is 1.24 bits per heavy atom. The smallest absolute Gasteiger partial charge is 0.137 e. The van der Waals surface area contributed by atoms with E-state index < -0.39 is 0 Å². The minimum atomic E-state index is -0.227. The maximum Gasteiger partial charge on any atom is 0.137 e. The average molecular weight is 305 g/mol. The summed E-state index contributed by atoms with van der Waals surface area (Å²) in [6.45, 7) is 7.07. The summed E-state index contributed by atoms with van der Waals surface area (Å²) in [6.07, 6.45) is 1.02. The fourth-order valence-electron chi connectivity index (χ4n) is 1.74. The highest BCUT2D eigenvalue weighted by Crippen LogP contribution is 2.30. The Bertz CT molecular complexity index is 602. The van der Waals surface area contributed by atoms with Gasteiger partial charge in [0.25, 0.3) is 0 Å². The van der Waals surface area contributed by atoms with Crippen molar-refractivity contribution in [3.05, 3.63) is 42.0 Å². The fourth-order valence-corrected chi connectivity index (χ4v) is 2.58. The first-order valence-corrected chi connectivity index (χ1v) is 7.97. The summed E-state index contributed by atoms with van der Waals surface area (Å²) in [5.41, 5.74) is 0. The number of rotatable bonds is 6. The molecular weight excluding hydrogens is 285 g/mol. The molecule has 1 aromatic carbocycles. The molecule has 21 heavy (non-hydrogen) atoms. The summed E-state index contributed by atoms with van der Waals surface area (Å²) < 4.78 is 13.8. The monoisotopic (exact) mass is 305 g/mol. The van der Waals surface area contributed by atoms with Crippen molar-refractivity contribution >= 4 is 17.6 Å². The van der Waals surface area contributed by atoms with E-state index in [1.54, 1.807) is 12.1 Å². The van der Waals surface area contributed by atoms with Gasteiger partial charge >= 0.3 is 0 Å². The van der Waals surface area contributed by atoms with Gasteiger partial charge in [0.1, 0.15) is 22.5 Å². The Labute approximate surface area is 129 Å². The molecule has 0 spiro atoms. The minimum Gasteiger partial charge on any atom is -0.370 e. The highest BCUT2D eigenvalue weighted by molar-refractivity contribution is 7.99. The van der Waals surface area contributed by atoms with Crippen LogP contribution < -0.4 is 5.32 Å². The molecule has 2 rings (SSSR count). The molecule has 0 atom stereocenters. The average Bonchev–Trinajstić information content (AvgIpc) is 2.47. The summed E-state index contributed by atoms with van der Waals surface area (Å²) in [5.74, 6) is 1.58. The topological polar surface area (TPSA) is 37.8 Å². The molecule has 112 valence electrons. The number of benzene rings is 1. The van der Waals surface area contributed by atoms with E-state index in [1.807, 2.05) is 12.1 Å². The predicted molar refractivity (Wildman–Crippen MR) is 85.4 cm³/mol. The van der Waals surface area contributed by atoms with Crippen LogP contribution in [0, 0.1) is 5.82 Å². The van der Waals surface area contributed by atoms with Crippen molar-refractivity contribution in [2.75, 3.05) is 11.9 Å². The van der Waals surface area contributed by atoms with Crippen molar-refractivity contribution in [2.24, 2.45) is 0 Å². The zero-order valence-corrected chi connectivity index (χ0v) is 13.4. The number of hydrogen-bond donors (Lipinski definition) is 1. The Kier molecular flexibility index (Phi) is 5.56. The van der Waals surface area contributed by atoms with Crippen LogP contribution in [0.25, 0.3) is 0 Å². The van der Waals surface area contributed by atoms with Gasteiger partial charge in [0.05, 0.1) is 0 Å². The van der Waals surface area contributed by atoms with Gasteiger partial charge in [-0.25, -0.2) is 14.4 Å². The van der Waals surface area contributed by atoms with Crippen molar-refractivity contribution in [1.82, 2.24) is 9.97 Å². The van der Waals surface area contributed by atoms with Crippen LogP contribution in [0.5, 0.6) is 0 Å². The minimum absolute atomic E-state index is 0.227. The van der Waals surface area contributed by atoms with E-state index in [4.69, 9.17) is 0 Å². The Balaban J connectivity index is 2.29. The highest BCUT2D eigenvalue weighted by Gasteiger charge is 2.10. The zero-order chi connectivity index (χ0) is 15.2. The number of nitrogens with one attached hydrogen (secondary N) is 1. The molecule has 0 aliphatic carbocycles. The standard InChI is InChI=1S/C16H20FN3S/c1-4-9-18-14-10-15(20-16(19-14)11(2)3)21-13-8-6-5-7-12(13)17/h5-8,10-11H,4,9H2,1-3H3,(H,18,19,20). The highest BCUT2D eigenvalue weighted by atomic mass is 32.2. The maximum atomic E-state index is 13.8. The van der Waals surface area contributed by atoms with E-state index in [2.05, 4.69) is 36.1 Å². The molecule has 0 bridgehead atoms. The quantitative estimate of drug-likeness (QED) is 0.784. The normalized spacial score (nSPS) is 10.9. The van der Waals surface area contributed by atoms with Crippen molar-refractivity contribution in [3.63, 3.8) is 0 Å². The van der Waals surface area contributed by atoms with E-state index in [9.17, 15) is 4.39 Å². The lowest BCUT2D eigenvalue weighted by atomic mass is 10.2. The van der Waals surface area contributed by atoms with Gasteiger partial charge in [-0.2, -0.15) is 0 Å². The molecule has 2 aromatic rings. The lowest BCUT2D eigenvalue weighted by molar-refractivity contribution is 0.602. The van der Waals surface area contributed by atoms with Gasteiger partial charge in [0.2, 0.25) is 0 Å². The first-order chi connectivity index (χ1) is 10.1. The summed E-state index contributed by atoms with van der Waals surface area (Å²) >= 11 is 1.33. The van der Waals surface area contributed by atoms with Crippen LogP contribution in [0.15, 0.2) is 40.3 Å². The molecule has 3 nitrogen and oxygen atoms in total. The molecular formula is C16H20FN3S. The summed E-state index contributed by atoms with van der Waals surface area (Å²) in [5, 5.41) is 4.03. The molecule has 0 aliphatic rings. The SMILES string of the molecule is CCCNc1cc(Sc2ccccc2F)nc(C(C)C)n1. The molecule has 5 heteroatoms. The Morgan fingerprint density at radius 3 is 2.67 bits per heavy atom. The van der Waals surface area contributed by atoms with Crippen molar-refractivity contribution in [2.45, 2.75) is 43.0 Å².